The van der Waals surface area contributed by atoms with Gasteiger partial charge in [-0.05, 0) is 29.8 Å². The van der Waals surface area contributed by atoms with Gasteiger partial charge in [-0.1, -0.05) is 24.3 Å². The Labute approximate surface area is 108 Å². The Morgan fingerprint density at radius 1 is 1.00 bits per heavy atom. The molecule has 0 aliphatic heterocycles. The summed E-state index contributed by atoms with van der Waals surface area (Å²) in [5, 5.41) is 8.54. The molecule has 0 aromatic heterocycles. The minimum atomic E-state index is -1.10. The molecule has 0 unspecified atom stereocenters. The summed E-state index contributed by atoms with van der Waals surface area (Å²) in [6.45, 7) is 0. The van der Waals surface area contributed by atoms with Crippen molar-refractivity contribution in [2.75, 3.05) is 0 Å². The monoisotopic (exact) mass is 260 g/mol. The van der Waals surface area contributed by atoms with Crippen LogP contribution in [0.15, 0.2) is 48.5 Å². The molecule has 0 fully saturated rings. The number of carbonyl (C=O) groups is 1. The molecule has 0 bridgehead atoms. The van der Waals surface area contributed by atoms with Crippen molar-refractivity contribution in [3.63, 3.8) is 0 Å². The van der Waals surface area contributed by atoms with Gasteiger partial charge in [0.05, 0.1) is 0 Å². The first-order valence-electron chi connectivity index (χ1n) is 5.53. The van der Waals surface area contributed by atoms with Crippen LogP contribution < -0.4 is 0 Å². The van der Waals surface area contributed by atoms with Gasteiger partial charge in [-0.3, -0.25) is 0 Å². The zero-order valence-corrected chi connectivity index (χ0v) is 9.81. The second kappa shape index (κ2) is 5.44. The molecule has 0 atom stereocenters. The number of hydrogen-bond acceptors (Lipinski definition) is 1. The largest absolute Gasteiger partial charge is 0.478 e. The lowest BCUT2D eigenvalue weighted by Gasteiger charge is -2.06. The zero-order valence-electron chi connectivity index (χ0n) is 9.81. The summed E-state index contributed by atoms with van der Waals surface area (Å²) in [6.07, 6.45) is 2.27. The summed E-state index contributed by atoms with van der Waals surface area (Å²) in [5.74, 6) is -2.19. The van der Waals surface area contributed by atoms with E-state index in [1.807, 2.05) is 0 Å². The molecule has 0 saturated heterocycles. The van der Waals surface area contributed by atoms with Gasteiger partial charge in [0.2, 0.25) is 0 Å². The van der Waals surface area contributed by atoms with Crippen LogP contribution in [0, 0.1) is 11.6 Å². The van der Waals surface area contributed by atoms with Gasteiger partial charge in [-0.15, -0.1) is 0 Å². The summed E-state index contributed by atoms with van der Waals surface area (Å²) < 4.78 is 27.3. The van der Waals surface area contributed by atoms with Crippen molar-refractivity contribution in [1.82, 2.24) is 0 Å². The molecule has 0 heterocycles. The average molecular weight is 260 g/mol. The maximum Gasteiger partial charge on any atom is 0.328 e. The lowest BCUT2D eigenvalue weighted by molar-refractivity contribution is -0.131. The van der Waals surface area contributed by atoms with Crippen molar-refractivity contribution in [2.45, 2.75) is 0 Å². The molecular formula is C15H10F2O2. The standard InChI is InChI=1S/C15H10F2O2/c16-13-4-2-1-3-11(13)12-9-10(5-7-14(12)17)6-8-15(18)19/h1-9H,(H,18,19)/b8-6+. The van der Waals surface area contributed by atoms with E-state index in [9.17, 15) is 13.6 Å². The average Bonchev–Trinajstić information content (AvgIpc) is 2.38. The summed E-state index contributed by atoms with van der Waals surface area (Å²) in [5.41, 5.74) is 0.735. The van der Waals surface area contributed by atoms with Crippen LogP contribution in [0.2, 0.25) is 0 Å². The highest BCUT2D eigenvalue weighted by molar-refractivity contribution is 5.85. The maximum absolute atomic E-state index is 13.7. The van der Waals surface area contributed by atoms with Crippen LogP contribution in [0.3, 0.4) is 0 Å². The molecule has 0 spiro atoms. The molecular weight excluding hydrogens is 250 g/mol. The van der Waals surface area contributed by atoms with Crippen LogP contribution in [0.1, 0.15) is 5.56 Å². The molecule has 2 nitrogen and oxygen atoms in total. The van der Waals surface area contributed by atoms with E-state index in [1.165, 1.54) is 42.5 Å². The van der Waals surface area contributed by atoms with Gasteiger partial charge < -0.3 is 5.11 Å². The zero-order chi connectivity index (χ0) is 13.8. The Kier molecular flexibility index (Phi) is 3.71. The predicted molar refractivity (Wildman–Crippen MR) is 68.5 cm³/mol. The summed E-state index contributed by atoms with van der Waals surface area (Å²) in [6, 6.07) is 9.87. The Hall–Kier alpha value is -2.49. The molecule has 0 aliphatic rings. The maximum atomic E-state index is 13.7. The Morgan fingerprint density at radius 2 is 1.68 bits per heavy atom. The Bertz CT molecular complexity index is 648. The molecule has 0 saturated carbocycles. The first kappa shape index (κ1) is 13.0. The highest BCUT2D eigenvalue weighted by Crippen LogP contribution is 2.26. The molecule has 96 valence electrons. The van der Waals surface area contributed by atoms with E-state index >= 15 is 0 Å². The number of hydrogen-bond donors (Lipinski definition) is 1. The van der Waals surface area contributed by atoms with Gasteiger partial charge in [0.25, 0.3) is 0 Å². The van der Waals surface area contributed by atoms with Gasteiger partial charge >= 0.3 is 5.97 Å². The molecule has 2 aromatic carbocycles. The lowest BCUT2D eigenvalue weighted by Crippen LogP contribution is -1.90. The predicted octanol–water partition coefficient (Wildman–Crippen LogP) is 3.73. The molecule has 2 rings (SSSR count). The van der Waals surface area contributed by atoms with Crippen molar-refractivity contribution >= 4 is 12.0 Å². The van der Waals surface area contributed by atoms with E-state index in [0.717, 1.165) is 6.08 Å². The smallest absolute Gasteiger partial charge is 0.328 e. The molecule has 0 radical (unpaired) electrons. The van der Waals surface area contributed by atoms with Crippen molar-refractivity contribution in [3.8, 4) is 11.1 Å². The molecule has 1 N–H and O–H groups in total. The van der Waals surface area contributed by atoms with E-state index in [-0.39, 0.29) is 11.1 Å². The van der Waals surface area contributed by atoms with Gasteiger partial charge in [0.15, 0.2) is 0 Å². The molecule has 0 amide bonds. The fourth-order valence-electron chi connectivity index (χ4n) is 1.70. The van der Waals surface area contributed by atoms with Crippen LogP contribution in [0.4, 0.5) is 8.78 Å². The lowest BCUT2D eigenvalue weighted by atomic mass is 10.0. The summed E-state index contributed by atoms with van der Waals surface area (Å²) in [7, 11) is 0. The van der Waals surface area contributed by atoms with E-state index in [0.29, 0.717) is 5.56 Å². The highest BCUT2D eigenvalue weighted by Gasteiger charge is 2.09. The van der Waals surface area contributed by atoms with Crippen molar-refractivity contribution in [2.24, 2.45) is 0 Å². The van der Waals surface area contributed by atoms with E-state index < -0.39 is 17.6 Å². The van der Waals surface area contributed by atoms with Crippen LogP contribution >= 0.6 is 0 Å². The van der Waals surface area contributed by atoms with E-state index in [2.05, 4.69) is 0 Å². The van der Waals surface area contributed by atoms with Gasteiger partial charge in [0.1, 0.15) is 11.6 Å². The normalized spacial score (nSPS) is 10.8. The van der Waals surface area contributed by atoms with Gasteiger partial charge in [-0.25, -0.2) is 13.6 Å². The summed E-state index contributed by atoms with van der Waals surface area (Å²) in [4.78, 5) is 10.4. The number of carboxylic acid groups (broad SMARTS) is 1. The fraction of sp³-hybridized carbons (Fsp3) is 0. The fourth-order valence-corrected chi connectivity index (χ4v) is 1.70. The van der Waals surface area contributed by atoms with E-state index in [1.54, 1.807) is 6.07 Å². The van der Waals surface area contributed by atoms with Crippen LogP contribution in [-0.4, -0.2) is 11.1 Å². The first-order chi connectivity index (χ1) is 9.08. The minimum Gasteiger partial charge on any atom is -0.478 e. The third kappa shape index (κ3) is 3.04. The number of carboxylic acids is 1. The quantitative estimate of drug-likeness (QED) is 0.854. The van der Waals surface area contributed by atoms with Crippen LogP contribution in [0.5, 0.6) is 0 Å². The van der Waals surface area contributed by atoms with E-state index in [4.69, 9.17) is 5.11 Å². The second-order valence-electron chi connectivity index (χ2n) is 3.89. The molecule has 2 aromatic rings. The second-order valence-corrected chi connectivity index (χ2v) is 3.89. The Morgan fingerprint density at radius 3 is 2.37 bits per heavy atom. The van der Waals surface area contributed by atoms with Crippen molar-refractivity contribution < 1.29 is 18.7 Å². The SMILES string of the molecule is O=C(O)/C=C/c1ccc(F)c(-c2ccccc2F)c1. The van der Waals surface area contributed by atoms with Crippen LogP contribution in [0.25, 0.3) is 17.2 Å². The van der Waals surface area contributed by atoms with Crippen molar-refractivity contribution in [1.29, 1.82) is 0 Å². The number of aliphatic carboxylic acids is 1. The first-order valence-corrected chi connectivity index (χ1v) is 5.53. The number of rotatable bonds is 3. The summed E-state index contributed by atoms with van der Waals surface area (Å²) >= 11 is 0. The molecule has 0 aliphatic carbocycles. The number of halogens is 2. The third-order valence-corrected chi connectivity index (χ3v) is 2.57. The Balaban J connectivity index is 2.49. The highest BCUT2D eigenvalue weighted by atomic mass is 19.1. The van der Waals surface area contributed by atoms with Crippen molar-refractivity contribution in [3.05, 3.63) is 65.7 Å². The molecule has 4 heteroatoms. The number of benzene rings is 2. The van der Waals surface area contributed by atoms with Gasteiger partial charge in [0, 0.05) is 17.2 Å². The molecule has 19 heavy (non-hydrogen) atoms. The third-order valence-electron chi connectivity index (χ3n) is 2.57. The van der Waals surface area contributed by atoms with Crippen LogP contribution in [-0.2, 0) is 4.79 Å². The van der Waals surface area contributed by atoms with Gasteiger partial charge in [-0.2, -0.15) is 0 Å². The topological polar surface area (TPSA) is 37.3 Å². The minimum absolute atomic E-state index is 0.102.